The third-order valence-electron chi connectivity index (χ3n) is 12.9. The second kappa shape index (κ2) is 42.4. The summed E-state index contributed by atoms with van der Waals surface area (Å²) in [7, 11) is 0. The minimum Gasteiger partial charge on any atom is -0.493 e. The van der Waals surface area contributed by atoms with Crippen LogP contribution in [0.15, 0.2) is 47.5 Å². The van der Waals surface area contributed by atoms with Crippen LogP contribution in [0.25, 0.3) is 16.9 Å². The van der Waals surface area contributed by atoms with Crippen molar-refractivity contribution in [3.8, 4) is 0 Å². The van der Waals surface area contributed by atoms with Gasteiger partial charge in [0.1, 0.15) is 0 Å². The van der Waals surface area contributed by atoms with E-state index in [1.54, 1.807) is 4.70 Å². The summed E-state index contributed by atoms with van der Waals surface area (Å²) in [5.74, 6) is 0. The number of aryl methyl sites for hydroxylation is 4. The molecular formula is C61H104N2Ni. The molecule has 0 spiro atoms. The van der Waals surface area contributed by atoms with Gasteiger partial charge >= 0.3 is 16.5 Å². The molecule has 0 bridgehead atoms. The fourth-order valence-corrected chi connectivity index (χ4v) is 9.16. The van der Waals surface area contributed by atoms with Crippen molar-refractivity contribution in [1.82, 2.24) is 0 Å². The largest absolute Gasteiger partial charge is 2.00 e. The Morgan fingerprint density at radius 3 is 0.797 bits per heavy atom. The van der Waals surface area contributed by atoms with E-state index >= 15 is 0 Å². The predicted molar refractivity (Wildman–Crippen MR) is 284 cm³/mol. The molecule has 3 rings (SSSR count). The minimum absolute atomic E-state index is 0. The van der Waals surface area contributed by atoms with Crippen molar-refractivity contribution in [2.75, 3.05) is 0 Å². The molecule has 0 radical (unpaired) electrons. The number of nitrogens with zero attached hydrogens (tertiary/aromatic N) is 2. The normalized spacial score (nSPS) is 12.3. The van der Waals surface area contributed by atoms with E-state index in [0.29, 0.717) is 0 Å². The number of hydrogen-bond acceptors (Lipinski definition) is 0. The van der Waals surface area contributed by atoms with Gasteiger partial charge in [-0.2, -0.15) is 12.8 Å². The van der Waals surface area contributed by atoms with Gasteiger partial charge in [0.2, 0.25) is 11.4 Å². The maximum absolute atomic E-state index is 12.0. The van der Waals surface area contributed by atoms with E-state index in [9.17, 15) is 5.53 Å². The van der Waals surface area contributed by atoms with Crippen molar-refractivity contribution in [2.45, 2.75) is 280 Å². The van der Waals surface area contributed by atoms with E-state index in [1.807, 2.05) is 0 Å². The molecular weight excluding hydrogens is 819 g/mol. The summed E-state index contributed by atoms with van der Waals surface area (Å²) in [5, 5.41) is 0. The van der Waals surface area contributed by atoms with Gasteiger partial charge < -0.3 is 19.4 Å². The smallest absolute Gasteiger partial charge is 0.493 e. The van der Waals surface area contributed by atoms with Crippen LogP contribution < -0.4 is 0 Å². The fraction of sp³-hybridized carbons (Fsp3) is 0.705. The molecule has 0 aliphatic carbocycles. The summed E-state index contributed by atoms with van der Waals surface area (Å²) < 4.78 is 1.56. The predicted octanol–water partition coefficient (Wildman–Crippen LogP) is 21.5. The average Bonchev–Trinajstić information content (AvgIpc) is 3.54. The number of benzene rings is 2. The molecule has 0 saturated heterocycles. The molecule has 2 aromatic rings. The van der Waals surface area contributed by atoms with Crippen molar-refractivity contribution in [2.24, 2.45) is 0 Å². The van der Waals surface area contributed by atoms with Gasteiger partial charge in [0.15, 0.2) is 0 Å². The molecule has 0 aromatic heterocycles. The molecule has 0 unspecified atom stereocenters. The van der Waals surface area contributed by atoms with E-state index < -0.39 is 0 Å². The Morgan fingerprint density at radius 1 is 0.344 bits per heavy atom. The van der Waals surface area contributed by atoms with Gasteiger partial charge in [-0.25, -0.2) is 4.70 Å². The number of rotatable bonds is 35. The van der Waals surface area contributed by atoms with Crippen LogP contribution in [0, 0.1) is 41.5 Å². The number of hydrogen-bond donors (Lipinski definition) is 0. The zero-order chi connectivity index (χ0) is 46.3. The third-order valence-corrected chi connectivity index (χ3v) is 12.9. The monoisotopic (exact) mass is 923 g/mol. The Morgan fingerprint density at radius 2 is 0.562 bits per heavy atom. The van der Waals surface area contributed by atoms with Crippen molar-refractivity contribution in [3.05, 3.63) is 100 Å². The standard InChI is InChI=1S/C53H86N2.2C4H9.Ni/c1-7-9-11-12-13-14-15-16-17-18-19-20-21-22-23-24-25-26-27-28-29-30-31-32-33-34-35-37-51-50(36-10-8-2)52(48-40-44(3)38-45(4)41-48)55(54)53(51)49-42-46(5)39-47(6)43-49;2*1-3-4-2;/h38-43H,7-37H2,1-6H3;2*1,3-4H2,2H3;/q;2*-1;+2. The molecule has 368 valence electrons. The summed E-state index contributed by atoms with van der Waals surface area (Å²) >= 11 is 0. The maximum Gasteiger partial charge on any atom is 2.00 e. The maximum atomic E-state index is 12.0. The molecule has 2 nitrogen and oxygen atoms in total. The first-order chi connectivity index (χ1) is 30.7. The van der Waals surface area contributed by atoms with E-state index in [2.05, 4.69) is 106 Å². The Balaban J connectivity index is 0.00000405. The van der Waals surface area contributed by atoms with Crippen LogP contribution >= 0.6 is 0 Å². The fourth-order valence-electron chi connectivity index (χ4n) is 9.16. The number of unbranched alkanes of at least 4 members (excludes halogenated alkanes) is 29. The molecule has 1 aliphatic rings. The second-order valence-corrected chi connectivity index (χ2v) is 19.5. The molecule has 0 amide bonds. The van der Waals surface area contributed by atoms with E-state index in [0.717, 1.165) is 61.0 Å². The zero-order valence-corrected chi connectivity index (χ0v) is 44.8. The van der Waals surface area contributed by atoms with Crippen LogP contribution in [0.3, 0.4) is 0 Å². The first kappa shape index (κ1) is 62.0. The van der Waals surface area contributed by atoms with Gasteiger partial charge in [-0.05, 0) is 77.6 Å². The first-order valence-electron chi connectivity index (χ1n) is 27.4. The average molecular weight is 924 g/mol. The topological polar surface area (TPSA) is 25.3 Å². The Labute approximate surface area is 410 Å². The van der Waals surface area contributed by atoms with Crippen molar-refractivity contribution in [1.29, 1.82) is 0 Å². The van der Waals surface area contributed by atoms with Gasteiger partial charge in [-0.1, -0.05) is 248 Å². The molecule has 0 N–H and O–H groups in total. The summed E-state index contributed by atoms with van der Waals surface area (Å²) in [5.41, 5.74) is 24.0. The van der Waals surface area contributed by atoms with Crippen LogP contribution in [0.4, 0.5) is 0 Å². The van der Waals surface area contributed by atoms with E-state index in [4.69, 9.17) is 0 Å². The summed E-state index contributed by atoms with van der Waals surface area (Å²) in [6.07, 6.45) is 47.4. The van der Waals surface area contributed by atoms with Crippen molar-refractivity contribution >= 4 is 11.4 Å². The van der Waals surface area contributed by atoms with Crippen LogP contribution in [0.1, 0.15) is 286 Å². The molecule has 0 atom stereocenters. The molecule has 3 heteroatoms. The van der Waals surface area contributed by atoms with Gasteiger partial charge in [0.05, 0.1) is 0 Å². The van der Waals surface area contributed by atoms with Crippen molar-refractivity contribution < 1.29 is 21.2 Å². The summed E-state index contributed by atoms with van der Waals surface area (Å²) in [4.78, 5) is 0. The Hall–Kier alpha value is -1.99. The SMILES string of the molecule is CCCCCCCCCCCCCCCCCCCCCCCCCCCCCC1=C(c2cc(C)cc(C)c2)[N+](=[N-])C(c2cc(C)cc(C)c2)=C1CCCC.[CH2-]CCC.[CH2-]CCC.[Ni+2]. The van der Waals surface area contributed by atoms with Crippen LogP contribution in [0.2, 0.25) is 0 Å². The Bertz CT molecular complexity index is 1450. The first-order valence-corrected chi connectivity index (χ1v) is 27.4. The van der Waals surface area contributed by atoms with Crippen LogP contribution in [-0.4, -0.2) is 4.70 Å². The molecule has 1 heterocycles. The summed E-state index contributed by atoms with van der Waals surface area (Å²) in [6, 6.07) is 13.5. The molecule has 0 saturated carbocycles. The van der Waals surface area contributed by atoms with Gasteiger partial charge in [0.25, 0.3) is 0 Å². The van der Waals surface area contributed by atoms with E-state index in [-0.39, 0.29) is 16.5 Å². The molecule has 64 heavy (non-hydrogen) atoms. The van der Waals surface area contributed by atoms with Crippen LogP contribution in [-0.2, 0) is 16.5 Å². The third kappa shape index (κ3) is 28.9. The van der Waals surface area contributed by atoms with Gasteiger partial charge in [-0.15, -0.1) is 0 Å². The minimum atomic E-state index is 0. The number of allylic oxidation sites excluding steroid dienone is 2. The van der Waals surface area contributed by atoms with Crippen LogP contribution in [0.5, 0.6) is 0 Å². The van der Waals surface area contributed by atoms with Gasteiger partial charge in [-0.3, -0.25) is 0 Å². The quantitative estimate of drug-likeness (QED) is 0.0285. The Kier molecular flexibility index (Phi) is 41.1. The second-order valence-electron chi connectivity index (χ2n) is 19.5. The van der Waals surface area contributed by atoms with Crippen molar-refractivity contribution in [3.63, 3.8) is 0 Å². The molecule has 1 aliphatic heterocycles. The van der Waals surface area contributed by atoms with E-state index in [1.165, 1.54) is 220 Å². The van der Waals surface area contributed by atoms with Gasteiger partial charge in [0, 0.05) is 22.3 Å². The summed E-state index contributed by atoms with van der Waals surface area (Å²) in [6.45, 7) is 24.7. The zero-order valence-electron chi connectivity index (χ0n) is 43.8. The molecule has 2 aromatic carbocycles. The molecule has 0 fully saturated rings.